The zero-order chi connectivity index (χ0) is 19.2. The second-order valence-corrected chi connectivity index (χ2v) is 7.20. The third-order valence-corrected chi connectivity index (χ3v) is 5.42. The summed E-state index contributed by atoms with van der Waals surface area (Å²) in [5.41, 5.74) is 9.95. The van der Waals surface area contributed by atoms with E-state index in [9.17, 15) is 4.79 Å². The van der Waals surface area contributed by atoms with Crippen LogP contribution < -0.4 is 0 Å². The van der Waals surface area contributed by atoms with Crippen molar-refractivity contribution in [2.75, 3.05) is 0 Å². The lowest BCUT2D eigenvalue weighted by Gasteiger charge is -2.10. The highest BCUT2D eigenvalue weighted by Crippen LogP contribution is 2.24. The van der Waals surface area contributed by atoms with E-state index in [2.05, 4.69) is 68.4 Å². The summed E-state index contributed by atoms with van der Waals surface area (Å²) in [4.78, 5) is 10.9. The fourth-order valence-electron chi connectivity index (χ4n) is 3.66. The molecule has 0 N–H and O–H groups in total. The highest BCUT2D eigenvalue weighted by molar-refractivity contribution is 5.77. The predicted molar refractivity (Wildman–Crippen MR) is 115 cm³/mol. The summed E-state index contributed by atoms with van der Waals surface area (Å²) in [6, 6.07) is 21.9. The van der Waals surface area contributed by atoms with Crippen molar-refractivity contribution in [2.45, 2.75) is 46.5 Å². The summed E-state index contributed by atoms with van der Waals surface area (Å²) < 4.78 is 0. The van der Waals surface area contributed by atoms with Crippen LogP contribution >= 0.6 is 0 Å². The molecular formula is C26H28O. The first-order valence-corrected chi connectivity index (χ1v) is 9.90. The Balaban J connectivity index is 1.70. The maximum Gasteiger partial charge on any atom is 0.150 e. The Labute approximate surface area is 163 Å². The van der Waals surface area contributed by atoms with Gasteiger partial charge in [-0.3, -0.25) is 4.79 Å². The minimum Gasteiger partial charge on any atom is -0.298 e. The van der Waals surface area contributed by atoms with Gasteiger partial charge in [-0.2, -0.15) is 0 Å². The molecule has 3 aromatic carbocycles. The molecule has 0 radical (unpaired) electrons. The van der Waals surface area contributed by atoms with Gasteiger partial charge in [-0.15, -0.1) is 0 Å². The number of benzene rings is 3. The van der Waals surface area contributed by atoms with Crippen LogP contribution in [0, 0.1) is 6.92 Å². The van der Waals surface area contributed by atoms with E-state index < -0.39 is 0 Å². The lowest BCUT2D eigenvalue weighted by Crippen LogP contribution is -1.95. The highest BCUT2D eigenvalue weighted by atomic mass is 16.1. The van der Waals surface area contributed by atoms with Gasteiger partial charge in [-0.1, -0.05) is 74.5 Å². The molecule has 0 amide bonds. The second-order valence-electron chi connectivity index (χ2n) is 7.20. The van der Waals surface area contributed by atoms with Crippen LogP contribution in [-0.4, -0.2) is 6.29 Å². The van der Waals surface area contributed by atoms with E-state index >= 15 is 0 Å². The largest absolute Gasteiger partial charge is 0.298 e. The van der Waals surface area contributed by atoms with E-state index in [-0.39, 0.29) is 0 Å². The van der Waals surface area contributed by atoms with Crippen LogP contribution in [0.15, 0.2) is 60.7 Å². The summed E-state index contributed by atoms with van der Waals surface area (Å²) in [6.45, 7) is 6.44. The van der Waals surface area contributed by atoms with Crippen LogP contribution in [-0.2, 0) is 25.7 Å². The van der Waals surface area contributed by atoms with Crippen molar-refractivity contribution in [1.82, 2.24) is 0 Å². The molecule has 0 heterocycles. The highest BCUT2D eigenvalue weighted by Gasteiger charge is 2.04. The van der Waals surface area contributed by atoms with Gasteiger partial charge in [0.15, 0.2) is 0 Å². The quantitative estimate of drug-likeness (QED) is 0.449. The van der Waals surface area contributed by atoms with Crippen LogP contribution in [0.3, 0.4) is 0 Å². The molecule has 0 spiro atoms. The molecule has 138 valence electrons. The molecule has 0 aliphatic rings. The first-order chi connectivity index (χ1) is 13.1. The van der Waals surface area contributed by atoms with Crippen molar-refractivity contribution in [3.8, 4) is 11.1 Å². The number of carbonyl (C=O) groups excluding carboxylic acids is 1. The fourth-order valence-corrected chi connectivity index (χ4v) is 3.66. The number of carbonyl (C=O) groups is 1. The first kappa shape index (κ1) is 19.1. The van der Waals surface area contributed by atoms with Gasteiger partial charge in [0.05, 0.1) is 0 Å². The Morgan fingerprint density at radius 3 is 1.96 bits per heavy atom. The summed E-state index contributed by atoms with van der Waals surface area (Å²) in [6.07, 6.45) is 5.10. The number of aldehydes is 1. The fraction of sp³-hybridized carbons (Fsp3) is 0.269. The maximum atomic E-state index is 10.9. The normalized spacial score (nSPS) is 10.8. The van der Waals surface area contributed by atoms with Gasteiger partial charge in [0.25, 0.3) is 0 Å². The first-order valence-electron chi connectivity index (χ1n) is 9.90. The number of hydrogen-bond acceptors (Lipinski definition) is 1. The molecular weight excluding hydrogens is 328 g/mol. The third-order valence-electron chi connectivity index (χ3n) is 5.42. The second kappa shape index (κ2) is 8.81. The maximum absolute atomic E-state index is 10.9. The molecule has 0 atom stereocenters. The van der Waals surface area contributed by atoms with E-state index in [1.807, 2.05) is 13.0 Å². The van der Waals surface area contributed by atoms with Gasteiger partial charge in [-0.25, -0.2) is 0 Å². The Hall–Kier alpha value is -2.67. The Bertz CT molecular complexity index is 919. The molecule has 27 heavy (non-hydrogen) atoms. The third kappa shape index (κ3) is 4.54. The number of aryl methyl sites for hydroxylation is 5. The molecule has 0 aromatic heterocycles. The van der Waals surface area contributed by atoms with Crippen molar-refractivity contribution < 1.29 is 4.79 Å². The minimum atomic E-state index is 0.781. The van der Waals surface area contributed by atoms with Gasteiger partial charge in [0, 0.05) is 5.56 Å². The number of hydrogen-bond donors (Lipinski definition) is 0. The summed E-state index contributed by atoms with van der Waals surface area (Å²) in [7, 11) is 0. The van der Waals surface area contributed by atoms with Crippen LogP contribution in [0.5, 0.6) is 0 Å². The molecule has 0 unspecified atom stereocenters. The Morgan fingerprint density at radius 1 is 0.704 bits per heavy atom. The van der Waals surface area contributed by atoms with Crippen LogP contribution in [0.2, 0.25) is 0 Å². The summed E-state index contributed by atoms with van der Waals surface area (Å²) in [5, 5.41) is 0. The zero-order valence-electron chi connectivity index (χ0n) is 16.6. The van der Waals surface area contributed by atoms with E-state index in [1.54, 1.807) is 0 Å². The Kier molecular flexibility index (Phi) is 6.24. The van der Waals surface area contributed by atoms with Gasteiger partial charge in [-0.05, 0) is 71.6 Å². The summed E-state index contributed by atoms with van der Waals surface area (Å²) in [5.74, 6) is 0. The van der Waals surface area contributed by atoms with Crippen molar-refractivity contribution in [3.05, 3.63) is 94.0 Å². The smallest absolute Gasteiger partial charge is 0.150 e. The van der Waals surface area contributed by atoms with Crippen molar-refractivity contribution in [3.63, 3.8) is 0 Å². The van der Waals surface area contributed by atoms with Crippen molar-refractivity contribution >= 4 is 6.29 Å². The van der Waals surface area contributed by atoms with Gasteiger partial charge in [0.1, 0.15) is 6.29 Å². The molecule has 0 bridgehead atoms. The van der Waals surface area contributed by atoms with Gasteiger partial charge < -0.3 is 0 Å². The van der Waals surface area contributed by atoms with Crippen molar-refractivity contribution in [1.29, 1.82) is 0 Å². The number of rotatable bonds is 7. The van der Waals surface area contributed by atoms with E-state index in [1.165, 1.54) is 33.4 Å². The molecule has 0 aliphatic heterocycles. The lowest BCUT2D eigenvalue weighted by atomic mass is 9.95. The molecule has 0 aliphatic carbocycles. The predicted octanol–water partition coefficient (Wildman–Crippen LogP) is 6.38. The zero-order valence-corrected chi connectivity index (χ0v) is 16.6. The molecule has 0 fully saturated rings. The molecule has 1 nitrogen and oxygen atoms in total. The van der Waals surface area contributed by atoms with E-state index in [0.29, 0.717) is 0 Å². The molecule has 0 saturated carbocycles. The topological polar surface area (TPSA) is 17.1 Å². The van der Waals surface area contributed by atoms with Crippen LogP contribution in [0.25, 0.3) is 11.1 Å². The minimum absolute atomic E-state index is 0.781. The van der Waals surface area contributed by atoms with Crippen LogP contribution in [0.4, 0.5) is 0 Å². The molecule has 3 aromatic rings. The van der Waals surface area contributed by atoms with Gasteiger partial charge >= 0.3 is 0 Å². The van der Waals surface area contributed by atoms with Crippen LogP contribution in [0.1, 0.15) is 52.0 Å². The average Bonchev–Trinajstić information content (AvgIpc) is 2.72. The molecule has 1 heteroatoms. The van der Waals surface area contributed by atoms with Crippen molar-refractivity contribution in [2.24, 2.45) is 0 Å². The monoisotopic (exact) mass is 356 g/mol. The average molecular weight is 357 g/mol. The molecule has 3 rings (SSSR count). The summed E-state index contributed by atoms with van der Waals surface area (Å²) >= 11 is 0. The van der Waals surface area contributed by atoms with E-state index in [4.69, 9.17) is 0 Å². The lowest BCUT2D eigenvalue weighted by molar-refractivity contribution is 0.112. The molecule has 0 saturated heterocycles. The van der Waals surface area contributed by atoms with Gasteiger partial charge in [0.2, 0.25) is 0 Å². The standard InChI is InChI=1S/C26H28O/c1-4-22-14-15-25(17-23(22)5-2)24-11-8-20(9-12-24)6-7-21-10-13-26(18-27)19(3)16-21/h8-18H,4-7H2,1-3H3. The Morgan fingerprint density at radius 2 is 1.33 bits per heavy atom. The SMILES string of the molecule is CCc1ccc(-c2ccc(CCc3ccc(C=O)c(C)c3)cc2)cc1CC. The van der Waals surface area contributed by atoms with E-state index in [0.717, 1.165) is 43.1 Å².